The molecule has 0 saturated heterocycles. The maximum absolute atomic E-state index is 12.4. The smallest absolute Gasteiger partial charge is 0.304 e. The van der Waals surface area contributed by atoms with Crippen LogP contribution in [0.15, 0.2) is 29.2 Å². The van der Waals surface area contributed by atoms with Gasteiger partial charge in [0.1, 0.15) is 0 Å². The lowest BCUT2D eigenvalue weighted by Gasteiger charge is -2.18. The molecule has 8 heteroatoms. The maximum Gasteiger partial charge on any atom is 0.304 e. The van der Waals surface area contributed by atoms with E-state index in [1.165, 1.54) is 30.1 Å². The van der Waals surface area contributed by atoms with Crippen LogP contribution in [0.25, 0.3) is 0 Å². The molecule has 1 N–H and O–H groups in total. The van der Waals surface area contributed by atoms with Gasteiger partial charge in [-0.15, -0.1) is 0 Å². The van der Waals surface area contributed by atoms with E-state index in [4.69, 9.17) is 5.11 Å². The van der Waals surface area contributed by atoms with Gasteiger partial charge in [-0.1, -0.05) is 6.07 Å². The zero-order valence-electron chi connectivity index (χ0n) is 12.8. The van der Waals surface area contributed by atoms with Crippen LogP contribution in [0, 0.1) is 0 Å². The van der Waals surface area contributed by atoms with Crippen molar-refractivity contribution in [3.05, 3.63) is 29.8 Å². The molecule has 0 heterocycles. The summed E-state index contributed by atoms with van der Waals surface area (Å²) in [5, 5.41) is 8.63. The molecule has 1 aromatic rings. The second-order valence-electron chi connectivity index (χ2n) is 4.82. The van der Waals surface area contributed by atoms with Crippen LogP contribution in [0.5, 0.6) is 0 Å². The molecule has 1 amide bonds. The molecule has 0 aliphatic rings. The first-order chi connectivity index (χ1) is 10.2. The van der Waals surface area contributed by atoms with Crippen LogP contribution in [0.4, 0.5) is 0 Å². The first-order valence-corrected chi connectivity index (χ1v) is 8.17. The van der Waals surface area contributed by atoms with Crippen molar-refractivity contribution >= 4 is 21.9 Å². The molecule has 0 aromatic heterocycles. The molecule has 0 radical (unpaired) electrons. The zero-order valence-corrected chi connectivity index (χ0v) is 13.6. The summed E-state index contributed by atoms with van der Waals surface area (Å²) in [5.74, 6) is -1.34. The Labute approximate surface area is 130 Å². The average Bonchev–Trinajstić information content (AvgIpc) is 2.50. The van der Waals surface area contributed by atoms with Crippen LogP contribution in [0.2, 0.25) is 0 Å². The lowest BCUT2D eigenvalue weighted by Crippen LogP contribution is -2.30. The standard InChI is InChI=1S/C14H20N2O5S/c1-4-15(2)14(19)11-6-5-7-12(10-11)22(20,21)16(3)9-8-13(17)18/h5-7,10H,4,8-9H2,1-3H3,(H,17,18). The van der Waals surface area contributed by atoms with Crippen LogP contribution in [0.1, 0.15) is 23.7 Å². The highest BCUT2D eigenvalue weighted by Crippen LogP contribution is 2.17. The predicted octanol–water partition coefficient (Wildman–Crippen LogP) is 0.874. The number of aliphatic carboxylic acids is 1. The Bertz CT molecular complexity index is 657. The van der Waals surface area contributed by atoms with Gasteiger partial charge in [0.2, 0.25) is 10.0 Å². The largest absolute Gasteiger partial charge is 0.481 e. The fourth-order valence-corrected chi connectivity index (χ4v) is 2.92. The lowest BCUT2D eigenvalue weighted by atomic mass is 10.2. The van der Waals surface area contributed by atoms with E-state index in [2.05, 4.69) is 0 Å². The van der Waals surface area contributed by atoms with Crippen molar-refractivity contribution in [1.82, 2.24) is 9.21 Å². The summed E-state index contributed by atoms with van der Waals surface area (Å²) in [6, 6.07) is 5.73. The average molecular weight is 328 g/mol. The van der Waals surface area contributed by atoms with Crippen LogP contribution in [-0.2, 0) is 14.8 Å². The molecule has 122 valence electrons. The summed E-state index contributed by atoms with van der Waals surface area (Å²) in [5.41, 5.74) is 0.275. The fourth-order valence-electron chi connectivity index (χ4n) is 1.71. The normalized spacial score (nSPS) is 11.5. The number of amides is 1. The third kappa shape index (κ3) is 4.28. The highest BCUT2D eigenvalue weighted by Gasteiger charge is 2.22. The Morgan fingerprint density at radius 2 is 1.86 bits per heavy atom. The molecule has 0 spiro atoms. The number of sulfonamides is 1. The molecule has 0 atom stereocenters. The van der Waals surface area contributed by atoms with Crippen LogP contribution >= 0.6 is 0 Å². The van der Waals surface area contributed by atoms with Crippen molar-refractivity contribution in [1.29, 1.82) is 0 Å². The molecule has 0 aliphatic carbocycles. The van der Waals surface area contributed by atoms with Gasteiger partial charge in [0, 0.05) is 32.7 Å². The summed E-state index contributed by atoms with van der Waals surface area (Å²) in [7, 11) is -0.886. The van der Waals surface area contributed by atoms with Crippen molar-refractivity contribution in [3.8, 4) is 0 Å². The quantitative estimate of drug-likeness (QED) is 0.801. The number of carbonyl (C=O) groups is 2. The van der Waals surface area contributed by atoms with Crippen molar-refractivity contribution in [3.63, 3.8) is 0 Å². The second kappa shape index (κ2) is 7.37. The Hall–Kier alpha value is -1.93. The Morgan fingerprint density at radius 1 is 1.23 bits per heavy atom. The second-order valence-corrected chi connectivity index (χ2v) is 6.86. The molecule has 0 unspecified atom stereocenters. The van der Waals surface area contributed by atoms with Gasteiger partial charge >= 0.3 is 5.97 Å². The van der Waals surface area contributed by atoms with E-state index in [9.17, 15) is 18.0 Å². The first-order valence-electron chi connectivity index (χ1n) is 6.73. The van der Waals surface area contributed by atoms with Crippen LogP contribution < -0.4 is 0 Å². The van der Waals surface area contributed by atoms with Gasteiger partial charge in [0.15, 0.2) is 0 Å². The molecule has 0 aliphatic heterocycles. The summed E-state index contributed by atoms with van der Waals surface area (Å²) < 4.78 is 25.7. The van der Waals surface area contributed by atoms with E-state index in [0.29, 0.717) is 6.54 Å². The van der Waals surface area contributed by atoms with Gasteiger partial charge in [-0.3, -0.25) is 9.59 Å². The maximum atomic E-state index is 12.4. The van der Waals surface area contributed by atoms with Gasteiger partial charge in [-0.2, -0.15) is 0 Å². The van der Waals surface area contributed by atoms with E-state index in [-0.39, 0.29) is 29.3 Å². The monoisotopic (exact) mass is 328 g/mol. The lowest BCUT2D eigenvalue weighted by molar-refractivity contribution is -0.137. The third-order valence-electron chi connectivity index (χ3n) is 3.25. The Balaban J connectivity index is 3.06. The molecule has 1 rings (SSSR count). The van der Waals surface area contributed by atoms with Gasteiger partial charge in [0.25, 0.3) is 5.91 Å². The van der Waals surface area contributed by atoms with Crippen molar-refractivity contribution < 1.29 is 23.1 Å². The van der Waals surface area contributed by atoms with Crippen molar-refractivity contribution in [2.45, 2.75) is 18.2 Å². The van der Waals surface area contributed by atoms with E-state index in [1.54, 1.807) is 13.1 Å². The van der Waals surface area contributed by atoms with E-state index in [1.807, 2.05) is 6.92 Å². The van der Waals surface area contributed by atoms with Crippen LogP contribution in [0.3, 0.4) is 0 Å². The summed E-state index contributed by atoms with van der Waals surface area (Å²) in [6.07, 6.45) is -0.285. The minimum absolute atomic E-state index is 0.0317. The molecule has 0 bridgehead atoms. The van der Waals surface area contributed by atoms with Crippen molar-refractivity contribution in [2.24, 2.45) is 0 Å². The molecular weight excluding hydrogens is 308 g/mol. The highest BCUT2D eigenvalue weighted by atomic mass is 32.2. The minimum Gasteiger partial charge on any atom is -0.481 e. The van der Waals surface area contributed by atoms with E-state index in [0.717, 1.165) is 4.31 Å². The number of carbonyl (C=O) groups excluding carboxylic acids is 1. The molecule has 0 fully saturated rings. The van der Waals surface area contributed by atoms with E-state index < -0.39 is 16.0 Å². The number of hydrogen-bond donors (Lipinski definition) is 1. The first kappa shape index (κ1) is 18.1. The number of carboxylic acids is 1. The topological polar surface area (TPSA) is 95.0 Å². The molecule has 0 saturated carbocycles. The molecular formula is C14H20N2O5S. The minimum atomic E-state index is -3.82. The van der Waals surface area contributed by atoms with Gasteiger partial charge in [0.05, 0.1) is 11.3 Å². The number of rotatable bonds is 7. The van der Waals surface area contributed by atoms with Gasteiger partial charge in [-0.25, -0.2) is 12.7 Å². The molecule has 1 aromatic carbocycles. The van der Waals surface area contributed by atoms with Gasteiger partial charge in [-0.05, 0) is 25.1 Å². The zero-order chi connectivity index (χ0) is 16.9. The summed E-state index contributed by atoms with van der Waals surface area (Å²) in [4.78, 5) is 24.1. The molecule has 7 nitrogen and oxygen atoms in total. The number of hydrogen-bond acceptors (Lipinski definition) is 4. The number of carboxylic acid groups (broad SMARTS) is 1. The van der Waals surface area contributed by atoms with Crippen molar-refractivity contribution in [2.75, 3.05) is 27.2 Å². The summed E-state index contributed by atoms with van der Waals surface area (Å²) >= 11 is 0. The number of nitrogens with zero attached hydrogens (tertiary/aromatic N) is 2. The third-order valence-corrected chi connectivity index (χ3v) is 5.10. The SMILES string of the molecule is CCN(C)C(=O)c1cccc(S(=O)(=O)N(C)CCC(=O)O)c1. The predicted molar refractivity (Wildman–Crippen MR) is 81.1 cm³/mol. The van der Waals surface area contributed by atoms with E-state index >= 15 is 0 Å². The molecule has 22 heavy (non-hydrogen) atoms. The highest BCUT2D eigenvalue weighted by molar-refractivity contribution is 7.89. The summed E-state index contributed by atoms with van der Waals surface area (Å²) in [6.45, 7) is 2.19. The Kier molecular flexibility index (Phi) is 6.07. The number of benzene rings is 1. The fraction of sp³-hybridized carbons (Fsp3) is 0.429. The van der Waals surface area contributed by atoms with Crippen LogP contribution in [-0.4, -0.2) is 61.8 Å². The van der Waals surface area contributed by atoms with Gasteiger partial charge < -0.3 is 10.0 Å². The Morgan fingerprint density at radius 3 is 2.41 bits per heavy atom.